The van der Waals surface area contributed by atoms with Gasteiger partial charge in [0.15, 0.2) is 0 Å². The molecule has 4 rings (SSSR count). The minimum Gasteiger partial charge on any atom is -0.489 e. The molecule has 0 unspecified atom stereocenters. The Hall–Kier alpha value is -3.22. The van der Waals surface area contributed by atoms with E-state index in [-0.39, 0.29) is 5.91 Å². The van der Waals surface area contributed by atoms with Crippen LogP contribution in [0.4, 0.5) is 0 Å². The smallest absolute Gasteiger partial charge is 0.271 e. The third-order valence-corrected chi connectivity index (χ3v) is 5.48. The van der Waals surface area contributed by atoms with Gasteiger partial charge in [0.25, 0.3) is 5.91 Å². The number of pyridine rings is 1. The number of halogens is 1. The van der Waals surface area contributed by atoms with Gasteiger partial charge in [0, 0.05) is 34.9 Å². The Morgan fingerprint density at radius 3 is 2.57 bits per heavy atom. The highest BCUT2D eigenvalue weighted by molar-refractivity contribution is 7.13. The van der Waals surface area contributed by atoms with Gasteiger partial charge in [0.1, 0.15) is 23.1 Å². The normalized spacial score (nSPS) is 10.6. The molecule has 7 heteroatoms. The largest absolute Gasteiger partial charge is 0.489 e. The number of hydrogen-bond donors (Lipinski definition) is 1. The standard InChI is InChI=1S/C23H18ClN3O2S/c24-19-7-3-16(4-8-19)14-29-20-9-5-18(6-10-20)23-27-21(15-30-23)22(28)26-13-17-2-1-11-25-12-17/h1-12,15H,13-14H2,(H,26,28). The number of nitrogens with one attached hydrogen (secondary N) is 1. The van der Waals surface area contributed by atoms with Gasteiger partial charge in [0.2, 0.25) is 0 Å². The SMILES string of the molecule is O=C(NCc1cccnc1)c1csc(-c2ccc(OCc3ccc(Cl)cc3)cc2)n1. The van der Waals surface area contributed by atoms with Crippen molar-refractivity contribution in [3.05, 3.63) is 100 Å². The maximum absolute atomic E-state index is 12.3. The fourth-order valence-electron chi connectivity index (χ4n) is 2.73. The molecule has 0 fully saturated rings. The van der Waals surface area contributed by atoms with Gasteiger partial charge in [-0.15, -0.1) is 11.3 Å². The van der Waals surface area contributed by atoms with E-state index in [1.165, 1.54) is 11.3 Å². The molecule has 0 bridgehead atoms. The van der Waals surface area contributed by atoms with Gasteiger partial charge in [-0.2, -0.15) is 0 Å². The van der Waals surface area contributed by atoms with Gasteiger partial charge >= 0.3 is 0 Å². The molecule has 0 saturated heterocycles. The first-order valence-electron chi connectivity index (χ1n) is 9.28. The Labute approximate surface area is 183 Å². The molecular formula is C23H18ClN3O2S. The Kier molecular flexibility index (Phi) is 6.37. The lowest BCUT2D eigenvalue weighted by Crippen LogP contribution is -2.23. The zero-order valence-electron chi connectivity index (χ0n) is 15.9. The van der Waals surface area contributed by atoms with Gasteiger partial charge < -0.3 is 10.1 Å². The van der Waals surface area contributed by atoms with Crippen LogP contribution < -0.4 is 10.1 Å². The van der Waals surface area contributed by atoms with Crippen LogP contribution >= 0.6 is 22.9 Å². The van der Waals surface area contributed by atoms with Crippen molar-refractivity contribution in [3.63, 3.8) is 0 Å². The Morgan fingerprint density at radius 1 is 1.03 bits per heavy atom. The second kappa shape index (κ2) is 9.52. The Bertz CT molecular complexity index is 1110. The maximum atomic E-state index is 12.3. The molecule has 2 aromatic heterocycles. The summed E-state index contributed by atoms with van der Waals surface area (Å²) in [6.45, 7) is 0.883. The lowest BCUT2D eigenvalue weighted by atomic mass is 10.2. The van der Waals surface area contributed by atoms with Crippen LogP contribution in [0.25, 0.3) is 10.6 Å². The van der Waals surface area contributed by atoms with Gasteiger partial charge in [-0.25, -0.2) is 4.98 Å². The predicted molar refractivity (Wildman–Crippen MR) is 119 cm³/mol. The molecule has 30 heavy (non-hydrogen) atoms. The molecule has 0 radical (unpaired) electrons. The summed E-state index contributed by atoms with van der Waals surface area (Å²) >= 11 is 7.33. The van der Waals surface area contributed by atoms with Crippen molar-refractivity contribution in [3.8, 4) is 16.3 Å². The predicted octanol–water partition coefficient (Wildman–Crippen LogP) is 5.37. The summed E-state index contributed by atoms with van der Waals surface area (Å²) in [5, 5.41) is 6.11. The van der Waals surface area contributed by atoms with Crippen molar-refractivity contribution >= 4 is 28.8 Å². The zero-order valence-corrected chi connectivity index (χ0v) is 17.5. The first-order valence-corrected chi connectivity index (χ1v) is 10.5. The summed E-state index contributed by atoms with van der Waals surface area (Å²) < 4.78 is 5.81. The Balaban J connectivity index is 1.34. The molecule has 0 saturated carbocycles. The molecule has 1 amide bonds. The van der Waals surface area contributed by atoms with E-state index in [0.717, 1.165) is 27.4 Å². The number of carbonyl (C=O) groups excluding carboxylic acids is 1. The topological polar surface area (TPSA) is 64.1 Å². The number of ether oxygens (including phenoxy) is 1. The lowest BCUT2D eigenvalue weighted by molar-refractivity contribution is 0.0946. The number of hydrogen-bond acceptors (Lipinski definition) is 5. The number of rotatable bonds is 7. The van der Waals surface area contributed by atoms with Crippen molar-refractivity contribution < 1.29 is 9.53 Å². The summed E-state index contributed by atoms with van der Waals surface area (Å²) in [5.74, 6) is 0.559. The van der Waals surface area contributed by atoms with Gasteiger partial charge in [0.05, 0.1) is 0 Å². The van der Waals surface area contributed by atoms with E-state index in [0.29, 0.717) is 23.9 Å². The molecule has 4 aromatic rings. The van der Waals surface area contributed by atoms with Crippen LogP contribution in [0.1, 0.15) is 21.6 Å². The Morgan fingerprint density at radius 2 is 1.83 bits per heavy atom. The van der Waals surface area contributed by atoms with Crippen LogP contribution in [-0.4, -0.2) is 15.9 Å². The fourth-order valence-corrected chi connectivity index (χ4v) is 3.66. The molecule has 2 aromatic carbocycles. The van der Waals surface area contributed by atoms with Crippen LogP contribution in [0.3, 0.4) is 0 Å². The summed E-state index contributed by atoms with van der Waals surface area (Å²) in [6, 6.07) is 19.0. The second-order valence-electron chi connectivity index (χ2n) is 6.52. The first-order chi connectivity index (χ1) is 14.7. The fraction of sp³-hybridized carbons (Fsp3) is 0.0870. The average Bonchev–Trinajstić information content (AvgIpc) is 3.29. The molecule has 1 N–H and O–H groups in total. The lowest BCUT2D eigenvalue weighted by Gasteiger charge is -2.07. The summed E-state index contributed by atoms with van der Waals surface area (Å²) in [5.41, 5.74) is 3.33. The molecule has 0 atom stereocenters. The molecule has 2 heterocycles. The van der Waals surface area contributed by atoms with Crippen LogP contribution in [0.5, 0.6) is 5.75 Å². The van der Waals surface area contributed by atoms with E-state index in [4.69, 9.17) is 16.3 Å². The third kappa shape index (κ3) is 5.23. The van der Waals surface area contributed by atoms with Crippen LogP contribution in [0.2, 0.25) is 5.02 Å². The minimum atomic E-state index is -0.204. The number of thiazole rings is 1. The summed E-state index contributed by atoms with van der Waals surface area (Å²) in [6.07, 6.45) is 3.43. The van der Waals surface area contributed by atoms with E-state index < -0.39 is 0 Å². The summed E-state index contributed by atoms with van der Waals surface area (Å²) in [7, 11) is 0. The minimum absolute atomic E-state index is 0.204. The molecular weight excluding hydrogens is 418 g/mol. The van der Waals surface area contributed by atoms with Crippen LogP contribution in [0.15, 0.2) is 78.4 Å². The number of benzene rings is 2. The van der Waals surface area contributed by atoms with Crippen molar-refractivity contribution in [1.82, 2.24) is 15.3 Å². The van der Waals surface area contributed by atoms with E-state index in [2.05, 4.69) is 15.3 Å². The third-order valence-electron chi connectivity index (χ3n) is 4.33. The average molecular weight is 436 g/mol. The van der Waals surface area contributed by atoms with Gasteiger partial charge in [-0.05, 0) is 53.6 Å². The van der Waals surface area contributed by atoms with E-state index in [1.54, 1.807) is 17.8 Å². The molecule has 0 aliphatic rings. The van der Waals surface area contributed by atoms with Crippen molar-refractivity contribution in [1.29, 1.82) is 0 Å². The molecule has 0 aliphatic carbocycles. The maximum Gasteiger partial charge on any atom is 0.271 e. The van der Waals surface area contributed by atoms with Gasteiger partial charge in [-0.3, -0.25) is 9.78 Å². The van der Waals surface area contributed by atoms with Crippen molar-refractivity contribution in [2.75, 3.05) is 0 Å². The molecule has 150 valence electrons. The van der Waals surface area contributed by atoms with E-state index in [1.807, 2.05) is 60.7 Å². The number of carbonyl (C=O) groups is 1. The number of aromatic nitrogens is 2. The number of amides is 1. The molecule has 0 spiro atoms. The molecule has 0 aliphatic heterocycles. The quantitative estimate of drug-likeness (QED) is 0.424. The van der Waals surface area contributed by atoms with Crippen molar-refractivity contribution in [2.45, 2.75) is 13.2 Å². The highest BCUT2D eigenvalue weighted by atomic mass is 35.5. The van der Waals surface area contributed by atoms with Crippen LogP contribution in [-0.2, 0) is 13.2 Å². The van der Waals surface area contributed by atoms with E-state index in [9.17, 15) is 4.79 Å². The molecule has 5 nitrogen and oxygen atoms in total. The zero-order chi connectivity index (χ0) is 20.8. The van der Waals surface area contributed by atoms with E-state index >= 15 is 0 Å². The van der Waals surface area contributed by atoms with Crippen LogP contribution in [0, 0.1) is 0 Å². The summed E-state index contributed by atoms with van der Waals surface area (Å²) in [4.78, 5) is 20.8. The van der Waals surface area contributed by atoms with Gasteiger partial charge in [-0.1, -0.05) is 29.8 Å². The highest BCUT2D eigenvalue weighted by Crippen LogP contribution is 2.26. The highest BCUT2D eigenvalue weighted by Gasteiger charge is 2.12. The first kappa shape index (κ1) is 20.1. The number of nitrogens with zero attached hydrogens (tertiary/aromatic N) is 2. The second-order valence-corrected chi connectivity index (χ2v) is 7.82. The van der Waals surface area contributed by atoms with Crippen molar-refractivity contribution in [2.24, 2.45) is 0 Å². The monoisotopic (exact) mass is 435 g/mol.